The van der Waals surface area contributed by atoms with Crippen molar-refractivity contribution in [2.75, 3.05) is 12.8 Å². The van der Waals surface area contributed by atoms with Gasteiger partial charge in [0.2, 0.25) is 10.0 Å². The Bertz CT molecular complexity index is 319. The Balaban J connectivity index is 2.65. The lowest BCUT2D eigenvalue weighted by atomic mass is 9.96. The molecule has 0 aromatic rings. The zero-order chi connectivity index (χ0) is 11.5. The number of rotatable bonds is 4. The predicted octanol–water partition coefficient (Wildman–Crippen LogP) is 0.665. The smallest absolute Gasteiger partial charge is 0.320 e. The Hall–Kier alpha value is -0.620. The minimum atomic E-state index is -3.63. The van der Waals surface area contributed by atoms with Gasteiger partial charge in [-0.15, -0.1) is 0 Å². The number of carboxylic acids is 1. The largest absolute Gasteiger partial charge is 0.480 e. The summed E-state index contributed by atoms with van der Waals surface area (Å²) in [6.45, 7) is 0. The highest BCUT2D eigenvalue weighted by Crippen LogP contribution is 2.23. The highest BCUT2D eigenvalue weighted by molar-refractivity contribution is 7.89. The topological polar surface area (TPSA) is 74.7 Å². The van der Waals surface area contributed by atoms with Crippen LogP contribution in [0.15, 0.2) is 0 Å². The third-order valence-corrected chi connectivity index (χ3v) is 4.62. The van der Waals surface area contributed by atoms with Gasteiger partial charge in [0.15, 0.2) is 5.75 Å². The first-order valence-electron chi connectivity index (χ1n) is 5.11. The number of sulfonamides is 1. The molecule has 0 heterocycles. The summed E-state index contributed by atoms with van der Waals surface area (Å²) in [5.41, 5.74) is 0. The monoisotopic (exact) mass is 235 g/mol. The van der Waals surface area contributed by atoms with Crippen LogP contribution in [0.3, 0.4) is 0 Å². The van der Waals surface area contributed by atoms with Gasteiger partial charge in [0.05, 0.1) is 0 Å². The fourth-order valence-corrected chi connectivity index (χ4v) is 3.11. The van der Waals surface area contributed by atoms with Gasteiger partial charge in [-0.05, 0) is 12.8 Å². The molecular formula is C9H17NO4S. The molecule has 0 atom stereocenters. The van der Waals surface area contributed by atoms with E-state index >= 15 is 0 Å². The molecule has 0 spiro atoms. The zero-order valence-corrected chi connectivity index (χ0v) is 9.66. The van der Waals surface area contributed by atoms with E-state index in [4.69, 9.17) is 5.11 Å². The molecule has 0 aromatic carbocycles. The average molecular weight is 235 g/mol. The number of hydrogen-bond acceptors (Lipinski definition) is 3. The van der Waals surface area contributed by atoms with Crippen molar-refractivity contribution in [3.63, 3.8) is 0 Å². The molecule has 0 bridgehead atoms. The van der Waals surface area contributed by atoms with E-state index < -0.39 is 21.7 Å². The van der Waals surface area contributed by atoms with Crippen LogP contribution in [-0.4, -0.2) is 42.6 Å². The summed E-state index contributed by atoms with van der Waals surface area (Å²) in [6.07, 6.45) is 4.88. The molecule has 1 fully saturated rings. The molecule has 0 amide bonds. The van der Waals surface area contributed by atoms with Crippen molar-refractivity contribution in [3.8, 4) is 0 Å². The van der Waals surface area contributed by atoms with Crippen molar-refractivity contribution in [2.24, 2.45) is 0 Å². The number of nitrogens with zero attached hydrogens (tertiary/aromatic N) is 1. The van der Waals surface area contributed by atoms with Crippen LogP contribution in [0.2, 0.25) is 0 Å². The van der Waals surface area contributed by atoms with E-state index in [0.717, 1.165) is 32.1 Å². The predicted molar refractivity (Wildman–Crippen MR) is 56.1 cm³/mol. The highest BCUT2D eigenvalue weighted by Gasteiger charge is 2.29. The van der Waals surface area contributed by atoms with Crippen molar-refractivity contribution in [2.45, 2.75) is 38.1 Å². The number of aliphatic carboxylic acids is 1. The summed E-state index contributed by atoms with van der Waals surface area (Å²) in [6, 6.07) is -0.0110. The standard InChI is InChI=1S/C9H17NO4S/c1-10(8-5-3-2-4-6-8)15(13,14)7-9(11)12/h8H,2-7H2,1H3,(H,11,12). The molecule has 5 nitrogen and oxygen atoms in total. The molecule has 1 aliphatic carbocycles. The lowest BCUT2D eigenvalue weighted by Crippen LogP contribution is -2.40. The Labute approximate surface area is 90.1 Å². The second-order valence-electron chi connectivity index (χ2n) is 3.96. The van der Waals surface area contributed by atoms with Crippen molar-refractivity contribution in [1.82, 2.24) is 4.31 Å². The van der Waals surface area contributed by atoms with Crippen LogP contribution in [0.4, 0.5) is 0 Å². The Morgan fingerprint density at radius 3 is 2.33 bits per heavy atom. The van der Waals surface area contributed by atoms with E-state index in [1.165, 1.54) is 11.4 Å². The quantitative estimate of drug-likeness (QED) is 0.777. The van der Waals surface area contributed by atoms with E-state index in [0.29, 0.717) is 0 Å². The zero-order valence-electron chi connectivity index (χ0n) is 8.85. The van der Waals surface area contributed by atoms with Crippen LogP contribution in [0.5, 0.6) is 0 Å². The molecule has 1 N–H and O–H groups in total. The van der Waals surface area contributed by atoms with Gasteiger partial charge >= 0.3 is 5.97 Å². The molecule has 0 saturated heterocycles. The maximum atomic E-state index is 11.6. The van der Waals surface area contributed by atoms with Crippen LogP contribution in [0, 0.1) is 0 Å². The maximum Gasteiger partial charge on any atom is 0.320 e. The molecule has 0 aromatic heterocycles. The molecule has 6 heteroatoms. The van der Waals surface area contributed by atoms with Crippen molar-refractivity contribution in [1.29, 1.82) is 0 Å². The van der Waals surface area contributed by atoms with Crippen LogP contribution >= 0.6 is 0 Å². The van der Waals surface area contributed by atoms with E-state index in [1.807, 2.05) is 0 Å². The van der Waals surface area contributed by atoms with E-state index in [2.05, 4.69) is 0 Å². The van der Waals surface area contributed by atoms with Crippen molar-refractivity contribution < 1.29 is 18.3 Å². The van der Waals surface area contributed by atoms with Gasteiger partial charge in [-0.3, -0.25) is 4.79 Å². The maximum absolute atomic E-state index is 11.6. The van der Waals surface area contributed by atoms with Gasteiger partial charge in [-0.1, -0.05) is 19.3 Å². The Morgan fingerprint density at radius 1 is 1.33 bits per heavy atom. The Kier molecular flexibility index (Phi) is 4.10. The summed E-state index contributed by atoms with van der Waals surface area (Å²) >= 11 is 0. The Morgan fingerprint density at radius 2 is 1.87 bits per heavy atom. The highest BCUT2D eigenvalue weighted by atomic mass is 32.2. The lowest BCUT2D eigenvalue weighted by molar-refractivity contribution is -0.134. The summed E-state index contributed by atoms with van der Waals surface area (Å²) in [5.74, 6) is -2.10. The molecule has 0 radical (unpaired) electrons. The summed E-state index contributed by atoms with van der Waals surface area (Å²) < 4.78 is 24.4. The van der Waals surface area contributed by atoms with Gasteiger partial charge in [0.1, 0.15) is 0 Å². The first kappa shape index (κ1) is 12.4. The molecule has 1 rings (SSSR count). The molecule has 1 aliphatic rings. The molecule has 0 aliphatic heterocycles. The molecular weight excluding hydrogens is 218 g/mol. The first-order chi connectivity index (χ1) is 6.93. The molecule has 1 saturated carbocycles. The van der Waals surface area contributed by atoms with Crippen LogP contribution in [-0.2, 0) is 14.8 Å². The SMILES string of the molecule is CN(C1CCCCC1)S(=O)(=O)CC(=O)O. The minimum Gasteiger partial charge on any atom is -0.480 e. The summed E-state index contributed by atoms with van der Waals surface area (Å²) in [5, 5.41) is 8.49. The molecule has 15 heavy (non-hydrogen) atoms. The van der Waals surface area contributed by atoms with Crippen molar-refractivity contribution in [3.05, 3.63) is 0 Å². The van der Waals surface area contributed by atoms with E-state index in [-0.39, 0.29) is 6.04 Å². The number of carbonyl (C=O) groups is 1. The van der Waals surface area contributed by atoms with Gasteiger partial charge in [-0.25, -0.2) is 12.7 Å². The van der Waals surface area contributed by atoms with Gasteiger partial charge in [-0.2, -0.15) is 0 Å². The minimum absolute atomic E-state index is 0.0110. The van der Waals surface area contributed by atoms with Crippen molar-refractivity contribution >= 4 is 16.0 Å². The first-order valence-corrected chi connectivity index (χ1v) is 6.72. The normalized spacial score (nSPS) is 19.3. The second-order valence-corrected chi connectivity index (χ2v) is 5.99. The van der Waals surface area contributed by atoms with Crippen LogP contribution in [0.1, 0.15) is 32.1 Å². The van der Waals surface area contributed by atoms with Gasteiger partial charge in [0.25, 0.3) is 0 Å². The number of carboxylic acid groups (broad SMARTS) is 1. The lowest BCUT2D eigenvalue weighted by Gasteiger charge is -2.29. The summed E-state index contributed by atoms with van der Waals surface area (Å²) in [4.78, 5) is 10.4. The summed E-state index contributed by atoms with van der Waals surface area (Å²) in [7, 11) is -2.14. The van der Waals surface area contributed by atoms with Crippen LogP contribution in [0.25, 0.3) is 0 Å². The van der Waals surface area contributed by atoms with E-state index in [9.17, 15) is 13.2 Å². The van der Waals surface area contributed by atoms with Gasteiger partial charge in [0, 0.05) is 13.1 Å². The van der Waals surface area contributed by atoms with E-state index in [1.54, 1.807) is 0 Å². The fourth-order valence-electron chi connectivity index (χ4n) is 1.93. The number of hydrogen-bond donors (Lipinski definition) is 1. The third-order valence-electron chi connectivity index (χ3n) is 2.83. The van der Waals surface area contributed by atoms with Crippen LogP contribution < -0.4 is 0 Å². The van der Waals surface area contributed by atoms with Gasteiger partial charge < -0.3 is 5.11 Å². The fraction of sp³-hybridized carbons (Fsp3) is 0.889. The molecule has 0 unspecified atom stereocenters. The molecule has 88 valence electrons. The third kappa shape index (κ3) is 3.46. The second kappa shape index (κ2) is 4.94. The average Bonchev–Trinajstić information content (AvgIpc) is 2.16.